The molecule has 0 fully saturated rings. The van der Waals surface area contributed by atoms with Gasteiger partial charge in [0.15, 0.2) is 0 Å². The van der Waals surface area contributed by atoms with Crippen LogP contribution in [0.1, 0.15) is 36.6 Å². The number of halogens is 2. The minimum atomic E-state index is -0.590. The maximum absolute atomic E-state index is 13.9. The lowest BCUT2D eigenvalue weighted by atomic mass is 10.0. The van der Waals surface area contributed by atoms with E-state index in [0.717, 1.165) is 11.6 Å². The van der Waals surface area contributed by atoms with Crippen LogP contribution in [0.3, 0.4) is 0 Å². The first-order valence-corrected chi connectivity index (χ1v) is 7.02. The molecule has 2 aromatic carbocycles. The van der Waals surface area contributed by atoms with Crippen LogP contribution in [0.5, 0.6) is 0 Å². The fourth-order valence-electron chi connectivity index (χ4n) is 2.39. The molecule has 0 aliphatic carbocycles. The van der Waals surface area contributed by atoms with Crippen molar-refractivity contribution in [3.63, 3.8) is 0 Å². The molecule has 0 aliphatic heterocycles. The molecule has 0 saturated carbocycles. The molecule has 21 heavy (non-hydrogen) atoms. The number of nitrogens with one attached hydrogen (secondary N) is 1. The fraction of sp³-hybridized carbons (Fsp3) is 0.294. The quantitative estimate of drug-likeness (QED) is 0.850. The molecule has 2 N–H and O–H groups in total. The third-order valence-corrected chi connectivity index (χ3v) is 3.53. The number of aliphatic hydroxyl groups is 1. The zero-order valence-corrected chi connectivity index (χ0v) is 11.9. The molecule has 4 heteroatoms. The van der Waals surface area contributed by atoms with Crippen molar-refractivity contribution in [2.24, 2.45) is 0 Å². The van der Waals surface area contributed by atoms with Crippen LogP contribution in [-0.4, -0.2) is 11.7 Å². The summed E-state index contributed by atoms with van der Waals surface area (Å²) in [6.45, 7) is 1.82. The molecule has 0 saturated heterocycles. The Labute approximate surface area is 123 Å². The van der Waals surface area contributed by atoms with Gasteiger partial charge >= 0.3 is 0 Å². The zero-order valence-electron chi connectivity index (χ0n) is 11.9. The number of benzene rings is 2. The summed E-state index contributed by atoms with van der Waals surface area (Å²) in [6.07, 6.45) is 0.631. The minimum absolute atomic E-state index is 0.0939. The molecule has 2 atom stereocenters. The molecule has 0 heterocycles. The summed E-state index contributed by atoms with van der Waals surface area (Å²) in [5.41, 5.74) is 1.34. The van der Waals surface area contributed by atoms with E-state index in [-0.39, 0.29) is 18.7 Å². The first kappa shape index (κ1) is 15.6. The summed E-state index contributed by atoms with van der Waals surface area (Å²) in [5, 5.41) is 12.8. The van der Waals surface area contributed by atoms with Gasteiger partial charge in [-0.2, -0.15) is 0 Å². The molecular weight excluding hydrogens is 272 g/mol. The van der Waals surface area contributed by atoms with E-state index in [1.807, 2.05) is 37.3 Å². The predicted octanol–water partition coefficient (Wildman–Crippen LogP) is 3.74. The highest BCUT2D eigenvalue weighted by atomic mass is 19.1. The average molecular weight is 291 g/mol. The Bertz CT molecular complexity index is 574. The molecule has 0 amide bonds. The Hall–Kier alpha value is -1.78. The zero-order chi connectivity index (χ0) is 15.2. The van der Waals surface area contributed by atoms with Crippen molar-refractivity contribution in [2.75, 3.05) is 6.61 Å². The van der Waals surface area contributed by atoms with Gasteiger partial charge in [-0.15, -0.1) is 0 Å². The lowest BCUT2D eigenvalue weighted by Gasteiger charge is -2.25. The fourth-order valence-corrected chi connectivity index (χ4v) is 2.39. The van der Waals surface area contributed by atoms with Gasteiger partial charge in [-0.05, 0) is 18.1 Å². The van der Waals surface area contributed by atoms with E-state index in [1.54, 1.807) is 0 Å². The van der Waals surface area contributed by atoms with Crippen LogP contribution < -0.4 is 5.32 Å². The molecular formula is C17H19F2NO. The SMILES string of the molecule is CCC(NC(CO)c1ccccc1)c1ccc(F)cc1F. The first-order valence-electron chi connectivity index (χ1n) is 7.02. The van der Waals surface area contributed by atoms with E-state index in [0.29, 0.717) is 12.0 Å². The lowest BCUT2D eigenvalue weighted by Crippen LogP contribution is -2.29. The standard InChI is InChI=1S/C17H19F2NO/c1-2-16(14-9-8-13(18)10-15(14)19)20-17(11-21)12-6-4-3-5-7-12/h3-10,16-17,20-21H,2,11H2,1H3. The molecule has 2 aromatic rings. The van der Waals surface area contributed by atoms with Crippen LogP contribution in [0.25, 0.3) is 0 Å². The van der Waals surface area contributed by atoms with Gasteiger partial charge in [0.2, 0.25) is 0 Å². The summed E-state index contributed by atoms with van der Waals surface area (Å²) in [6, 6.07) is 12.5. The smallest absolute Gasteiger partial charge is 0.130 e. The Morgan fingerprint density at radius 3 is 2.33 bits per heavy atom. The molecule has 112 valence electrons. The van der Waals surface area contributed by atoms with Crippen molar-refractivity contribution < 1.29 is 13.9 Å². The van der Waals surface area contributed by atoms with Crippen molar-refractivity contribution in [3.05, 3.63) is 71.3 Å². The van der Waals surface area contributed by atoms with Crippen molar-refractivity contribution in [3.8, 4) is 0 Å². The third kappa shape index (κ3) is 3.86. The van der Waals surface area contributed by atoms with Crippen LogP contribution in [-0.2, 0) is 0 Å². The van der Waals surface area contributed by atoms with Gasteiger partial charge in [0.25, 0.3) is 0 Å². The molecule has 2 unspecified atom stereocenters. The van der Waals surface area contributed by atoms with Crippen LogP contribution in [0.4, 0.5) is 8.78 Å². The van der Waals surface area contributed by atoms with E-state index in [2.05, 4.69) is 5.32 Å². The molecule has 0 bridgehead atoms. The largest absolute Gasteiger partial charge is 0.394 e. The van der Waals surface area contributed by atoms with Crippen LogP contribution in [0.2, 0.25) is 0 Å². The van der Waals surface area contributed by atoms with Gasteiger partial charge in [0.1, 0.15) is 11.6 Å². The average Bonchev–Trinajstić information content (AvgIpc) is 2.50. The summed E-state index contributed by atoms with van der Waals surface area (Å²) < 4.78 is 26.9. The van der Waals surface area contributed by atoms with Gasteiger partial charge in [0, 0.05) is 17.7 Å². The Morgan fingerprint density at radius 1 is 1.05 bits per heavy atom. The van der Waals surface area contributed by atoms with Crippen LogP contribution in [0.15, 0.2) is 48.5 Å². The number of hydrogen-bond acceptors (Lipinski definition) is 2. The maximum atomic E-state index is 13.9. The van der Waals surface area contributed by atoms with Gasteiger partial charge in [-0.1, -0.05) is 43.3 Å². The maximum Gasteiger partial charge on any atom is 0.130 e. The van der Waals surface area contributed by atoms with Gasteiger partial charge < -0.3 is 10.4 Å². The van der Waals surface area contributed by atoms with Crippen LogP contribution in [0, 0.1) is 11.6 Å². The van der Waals surface area contributed by atoms with E-state index < -0.39 is 11.6 Å². The molecule has 2 rings (SSSR count). The minimum Gasteiger partial charge on any atom is -0.394 e. The molecule has 0 radical (unpaired) electrons. The summed E-state index contributed by atoms with van der Waals surface area (Å²) >= 11 is 0. The molecule has 0 aromatic heterocycles. The number of aliphatic hydroxyl groups excluding tert-OH is 1. The number of hydrogen-bond donors (Lipinski definition) is 2. The summed E-state index contributed by atoms with van der Waals surface area (Å²) in [4.78, 5) is 0. The molecule has 0 spiro atoms. The highest BCUT2D eigenvalue weighted by molar-refractivity contribution is 5.24. The van der Waals surface area contributed by atoms with Crippen molar-refractivity contribution in [1.29, 1.82) is 0 Å². The molecule has 2 nitrogen and oxygen atoms in total. The van der Waals surface area contributed by atoms with Gasteiger partial charge in [-0.25, -0.2) is 8.78 Å². The van der Waals surface area contributed by atoms with Crippen molar-refractivity contribution in [2.45, 2.75) is 25.4 Å². The number of rotatable bonds is 6. The van der Waals surface area contributed by atoms with E-state index in [9.17, 15) is 13.9 Å². The second-order valence-electron chi connectivity index (χ2n) is 4.94. The second-order valence-corrected chi connectivity index (χ2v) is 4.94. The van der Waals surface area contributed by atoms with E-state index >= 15 is 0 Å². The van der Waals surface area contributed by atoms with Crippen molar-refractivity contribution in [1.82, 2.24) is 5.32 Å². The summed E-state index contributed by atoms with van der Waals surface area (Å²) in [7, 11) is 0. The Kier molecular flexibility index (Phi) is 5.42. The Morgan fingerprint density at radius 2 is 1.76 bits per heavy atom. The van der Waals surface area contributed by atoms with Gasteiger partial charge in [-0.3, -0.25) is 0 Å². The first-order chi connectivity index (χ1) is 10.2. The van der Waals surface area contributed by atoms with E-state index in [1.165, 1.54) is 12.1 Å². The molecule has 0 aliphatic rings. The van der Waals surface area contributed by atoms with Crippen molar-refractivity contribution >= 4 is 0 Å². The monoisotopic (exact) mass is 291 g/mol. The van der Waals surface area contributed by atoms with E-state index in [4.69, 9.17) is 0 Å². The highest BCUT2D eigenvalue weighted by Gasteiger charge is 2.19. The van der Waals surface area contributed by atoms with Gasteiger partial charge in [0.05, 0.1) is 12.6 Å². The highest BCUT2D eigenvalue weighted by Crippen LogP contribution is 2.24. The lowest BCUT2D eigenvalue weighted by molar-refractivity contribution is 0.231. The topological polar surface area (TPSA) is 32.3 Å². The Balaban J connectivity index is 2.21. The normalized spacial score (nSPS) is 13.9. The van der Waals surface area contributed by atoms with Crippen LogP contribution >= 0.6 is 0 Å². The third-order valence-electron chi connectivity index (χ3n) is 3.53. The second kappa shape index (κ2) is 7.29. The summed E-state index contributed by atoms with van der Waals surface area (Å²) in [5.74, 6) is -1.16. The predicted molar refractivity (Wildman–Crippen MR) is 78.8 cm³/mol.